The van der Waals surface area contributed by atoms with Crippen LogP contribution < -0.4 is 22.1 Å². The van der Waals surface area contributed by atoms with Crippen LogP contribution in [0.15, 0.2) is 41.3 Å². The number of piperidine rings is 1. The first-order valence-electron chi connectivity index (χ1n) is 11.9. The van der Waals surface area contributed by atoms with Crippen LogP contribution in [-0.2, 0) is 6.54 Å². The molecule has 4 aliphatic rings. The van der Waals surface area contributed by atoms with Crippen molar-refractivity contribution in [3.63, 3.8) is 0 Å². The predicted molar refractivity (Wildman–Crippen MR) is 132 cm³/mol. The molecule has 3 atom stereocenters. The third kappa shape index (κ3) is 4.33. The van der Waals surface area contributed by atoms with Gasteiger partial charge in [-0.15, -0.1) is 12.4 Å². The number of hydrogen-bond donors (Lipinski definition) is 3. The van der Waals surface area contributed by atoms with Crippen LogP contribution in [0.1, 0.15) is 18.4 Å². The first-order chi connectivity index (χ1) is 16.0. The largest absolute Gasteiger partial charge is 0.354 e. The molecular weight excluding hydrogens is 454 g/mol. The van der Waals surface area contributed by atoms with Crippen molar-refractivity contribution in [2.75, 3.05) is 44.6 Å². The van der Waals surface area contributed by atoms with Gasteiger partial charge in [-0.2, -0.15) is 4.98 Å². The van der Waals surface area contributed by atoms with Gasteiger partial charge in [-0.1, -0.05) is 12.1 Å². The minimum atomic E-state index is -0.410. The Balaban J connectivity index is 0.00000241. The van der Waals surface area contributed by atoms with E-state index in [2.05, 4.69) is 32.7 Å². The Morgan fingerprint density at radius 2 is 1.94 bits per heavy atom. The van der Waals surface area contributed by atoms with Gasteiger partial charge in [-0.05, 0) is 55.0 Å². The molecule has 3 aliphatic heterocycles. The molecule has 4 fully saturated rings. The highest BCUT2D eigenvalue weighted by molar-refractivity contribution is 5.88. The molecule has 1 aliphatic carbocycles. The molecule has 0 radical (unpaired) electrons. The molecule has 1 spiro atoms. The molecule has 1 saturated carbocycles. The molecule has 6 rings (SSSR count). The van der Waals surface area contributed by atoms with Gasteiger partial charge in [0.1, 0.15) is 5.82 Å². The lowest BCUT2D eigenvalue weighted by Crippen LogP contribution is -2.36. The van der Waals surface area contributed by atoms with Gasteiger partial charge >= 0.3 is 11.7 Å². The number of urea groups is 1. The number of carbonyl (C=O) groups excluding carboxylic acids is 1. The number of hydrogen-bond acceptors (Lipinski definition) is 6. The number of anilines is 1. The first-order valence-corrected chi connectivity index (χ1v) is 11.9. The highest BCUT2D eigenvalue weighted by Crippen LogP contribution is 2.44. The number of rotatable bonds is 4. The molecule has 10 heteroatoms. The van der Waals surface area contributed by atoms with Gasteiger partial charge in [0.25, 0.3) is 0 Å². The van der Waals surface area contributed by atoms with Crippen LogP contribution in [0.25, 0.3) is 5.69 Å². The molecule has 182 valence electrons. The molecule has 34 heavy (non-hydrogen) atoms. The lowest BCUT2D eigenvalue weighted by atomic mass is 9.87. The maximum atomic E-state index is 12.7. The van der Waals surface area contributed by atoms with Crippen LogP contribution in [0.2, 0.25) is 0 Å². The fourth-order valence-corrected chi connectivity index (χ4v) is 5.92. The van der Waals surface area contributed by atoms with E-state index in [9.17, 15) is 9.59 Å². The van der Waals surface area contributed by atoms with Crippen LogP contribution in [0, 0.1) is 17.3 Å². The summed E-state index contributed by atoms with van der Waals surface area (Å²) in [7, 11) is 0. The van der Waals surface area contributed by atoms with E-state index in [0.717, 1.165) is 64.3 Å². The van der Waals surface area contributed by atoms with Gasteiger partial charge in [-0.3, -0.25) is 14.8 Å². The second-order valence-corrected chi connectivity index (χ2v) is 10.3. The van der Waals surface area contributed by atoms with Crippen LogP contribution in [0.3, 0.4) is 0 Å². The van der Waals surface area contributed by atoms with Gasteiger partial charge in [0.05, 0.1) is 5.69 Å². The molecule has 0 bridgehead atoms. The SMILES string of the molecule is Cl.NC1C2CN(Cc3ccc(-n4ccc(NC(=O)N5CCC6(CCNC6)C5)nc4=O)cc3)CC12. The van der Waals surface area contributed by atoms with Crippen LogP contribution >= 0.6 is 12.4 Å². The van der Waals surface area contributed by atoms with Crippen molar-refractivity contribution in [3.8, 4) is 5.69 Å². The van der Waals surface area contributed by atoms with E-state index >= 15 is 0 Å². The van der Waals surface area contributed by atoms with E-state index in [-0.39, 0.29) is 29.7 Å². The van der Waals surface area contributed by atoms with Crippen molar-refractivity contribution in [1.82, 2.24) is 24.7 Å². The summed E-state index contributed by atoms with van der Waals surface area (Å²) in [5.41, 5.74) is 7.81. The summed E-state index contributed by atoms with van der Waals surface area (Å²) in [6.45, 7) is 6.55. The predicted octanol–water partition coefficient (Wildman–Crippen LogP) is 1.26. The number of halogens is 1. The van der Waals surface area contributed by atoms with E-state index in [1.807, 2.05) is 17.0 Å². The number of benzene rings is 1. The van der Waals surface area contributed by atoms with Crippen LogP contribution in [0.4, 0.5) is 10.6 Å². The van der Waals surface area contributed by atoms with Gasteiger partial charge < -0.3 is 16.0 Å². The summed E-state index contributed by atoms with van der Waals surface area (Å²) in [5.74, 6) is 1.65. The Hall–Kier alpha value is -2.46. The third-order valence-electron chi connectivity index (χ3n) is 8.05. The standard InChI is InChI=1S/C24H31N7O2.ClH/c25-21-18-12-29(13-19(18)21)11-16-1-3-17(4-2-16)31-9-5-20(28-23(31)33)27-22(32)30-10-7-24(15-30)6-8-26-14-24;/h1-5,9,18-19,21,26H,6-8,10-15,25H2,(H,27,28,32,33);1H. The molecule has 1 aromatic carbocycles. The maximum Gasteiger partial charge on any atom is 0.354 e. The fourth-order valence-electron chi connectivity index (χ4n) is 5.92. The van der Waals surface area contributed by atoms with E-state index in [4.69, 9.17) is 5.73 Å². The number of nitrogens with two attached hydrogens (primary N) is 1. The van der Waals surface area contributed by atoms with Gasteiger partial charge in [0, 0.05) is 56.9 Å². The number of nitrogens with one attached hydrogen (secondary N) is 2. The van der Waals surface area contributed by atoms with Crippen molar-refractivity contribution in [1.29, 1.82) is 0 Å². The number of fused-ring (bicyclic) bond motifs is 1. The maximum absolute atomic E-state index is 12.7. The highest BCUT2D eigenvalue weighted by atomic mass is 35.5. The molecule has 4 heterocycles. The molecule has 2 amide bonds. The molecule has 1 aromatic heterocycles. The number of nitrogens with zero attached hydrogens (tertiary/aromatic N) is 4. The van der Waals surface area contributed by atoms with Crippen molar-refractivity contribution in [2.45, 2.75) is 25.4 Å². The molecule has 3 unspecified atom stereocenters. The zero-order valence-corrected chi connectivity index (χ0v) is 20.0. The van der Waals surface area contributed by atoms with Gasteiger partial charge in [-0.25, -0.2) is 9.59 Å². The Morgan fingerprint density at radius 3 is 2.62 bits per heavy atom. The number of aromatic nitrogens is 2. The minimum Gasteiger partial charge on any atom is -0.327 e. The zero-order valence-electron chi connectivity index (χ0n) is 19.2. The van der Waals surface area contributed by atoms with Crippen molar-refractivity contribution in [2.24, 2.45) is 23.0 Å². The van der Waals surface area contributed by atoms with E-state index in [1.54, 1.807) is 12.3 Å². The highest BCUT2D eigenvalue weighted by Gasteiger charge is 2.53. The average Bonchev–Trinajstić information content (AvgIpc) is 3.32. The van der Waals surface area contributed by atoms with E-state index in [0.29, 0.717) is 17.9 Å². The Bertz CT molecular complexity index is 1100. The second-order valence-electron chi connectivity index (χ2n) is 10.3. The number of amides is 2. The Morgan fingerprint density at radius 1 is 1.18 bits per heavy atom. The average molecular weight is 486 g/mol. The van der Waals surface area contributed by atoms with E-state index in [1.165, 1.54) is 10.1 Å². The number of likely N-dealkylation sites (tertiary alicyclic amines) is 2. The fraction of sp³-hybridized carbons (Fsp3) is 0.542. The molecular formula is C24H32ClN7O2. The summed E-state index contributed by atoms with van der Waals surface area (Å²) < 4.78 is 1.50. The molecule has 3 saturated heterocycles. The quantitative estimate of drug-likeness (QED) is 0.601. The summed E-state index contributed by atoms with van der Waals surface area (Å²) in [6.07, 6.45) is 3.80. The second kappa shape index (κ2) is 8.96. The minimum absolute atomic E-state index is 0. The van der Waals surface area contributed by atoms with Crippen molar-refractivity contribution in [3.05, 3.63) is 52.6 Å². The molecule has 4 N–H and O–H groups in total. The topological polar surface area (TPSA) is 109 Å². The smallest absolute Gasteiger partial charge is 0.327 e. The summed E-state index contributed by atoms with van der Waals surface area (Å²) in [6, 6.07) is 9.90. The Labute approximate surface area is 205 Å². The van der Waals surface area contributed by atoms with E-state index < -0.39 is 5.69 Å². The summed E-state index contributed by atoms with van der Waals surface area (Å²) in [5, 5.41) is 6.20. The number of carbonyl (C=O) groups is 1. The summed E-state index contributed by atoms with van der Waals surface area (Å²) in [4.78, 5) is 33.7. The van der Waals surface area contributed by atoms with Gasteiger partial charge in [0.15, 0.2) is 0 Å². The Kier molecular flexibility index (Phi) is 6.14. The zero-order chi connectivity index (χ0) is 22.6. The monoisotopic (exact) mass is 485 g/mol. The lowest BCUT2D eigenvalue weighted by Gasteiger charge is -2.22. The van der Waals surface area contributed by atoms with Gasteiger partial charge in [0.2, 0.25) is 0 Å². The van der Waals surface area contributed by atoms with Crippen molar-refractivity contribution >= 4 is 24.3 Å². The van der Waals surface area contributed by atoms with Crippen LogP contribution in [-0.4, -0.2) is 70.7 Å². The van der Waals surface area contributed by atoms with Crippen molar-refractivity contribution < 1.29 is 4.79 Å². The summed E-state index contributed by atoms with van der Waals surface area (Å²) >= 11 is 0. The first kappa shape index (κ1) is 23.3. The van der Waals surface area contributed by atoms with Crippen LogP contribution in [0.5, 0.6) is 0 Å². The lowest BCUT2D eigenvalue weighted by molar-refractivity contribution is 0.215. The molecule has 9 nitrogen and oxygen atoms in total. The molecule has 2 aromatic rings. The third-order valence-corrected chi connectivity index (χ3v) is 8.05. The normalized spacial score (nSPS) is 29.8.